The molecule has 3 rings (SSSR count). The van der Waals surface area contributed by atoms with Crippen LogP contribution in [-0.2, 0) is 10.0 Å². The van der Waals surface area contributed by atoms with Gasteiger partial charge in [-0.05, 0) is 60.2 Å². The molecule has 4 N–H and O–H groups in total. The second kappa shape index (κ2) is 9.22. The van der Waals surface area contributed by atoms with E-state index in [1.165, 1.54) is 55.8 Å². The summed E-state index contributed by atoms with van der Waals surface area (Å²) in [5, 5.41) is 34.1. The molecule has 0 aliphatic heterocycles. The molecule has 0 saturated heterocycles. The third-order valence-electron chi connectivity index (χ3n) is 4.22. The highest BCUT2D eigenvalue weighted by Gasteiger charge is 2.21. The first-order chi connectivity index (χ1) is 15.2. The Labute approximate surface area is 182 Å². The van der Waals surface area contributed by atoms with Crippen LogP contribution in [0.5, 0.6) is 17.2 Å². The smallest absolute Gasteiger partial charge is 0.295 e. The Kier molecular flexibility index (Phi) is 6.45. The predicted molar refractivity (Wildman–Crippen MR) is 118 cm³/mol. The van der Waals surface area contributed by atoms with Gasteiger partial charge in [-0.2, -0.15) is 5.10 Å². The van der Waals surface area contributed by atoms with Crippen molar-refractivity contribution in [2.24, 2.45) is 5.10 Å². The van der Waals surface area contributed by atoms with Gasteiger partial charge >= 0.3 is 0 Å². The number of benzene rings is 3. The molecule has 0 radical (unpaired) electrons. The number of anilines is 2. The van der Waals surface area contributed by atoms with Gasteiger partial charge in [0, 0.05) is 11.8 Å². The number of methoxy groups -OCH3 is 1. The Balaban J connectivity index is 1.82. The Morgan fingerprint density at radius 3 is 2.38 bits per heavy atom. The second-order valence-corrected chi connectivity index (χ2v) is 8.07. The van der Waals surface area contributed by atoms with Crippen LogP contribution >= 0.6 is 0 Å². The summed E-state index contributed by atoms with van der Waals surface area (Å²) in [5.74, 6) is -0.105. The maximum Gasteiger partial charge on any atom is 0.295 e. The van der Waals surface area contributed by atoms with E-state index in [4.69, 9.17) is 4.74 Å². The summed E-state index contributed by atoms with van der Waals surface area (Å²) in [5.41, 5.74) is 2.60. The lowest BCUT2D eigenvalue weighted by Gasteiger charge is -2.10. The zero-order valence-electron chi connectivity index (χ0n) is 16.6. The van der Waals surface area contributed by atoms with Crippen molar-refractivity contribution in [2.75, 3.05) is 17.3 Å². The molecule has 166 valence electrons. The van der Waals surface area contributed by atoms with Gasteiger partial charge in [0.15, 0.2) is 11.5 Å². The van der Waals surface area contributed by atoms with Crippen molar-refractivity contribution in [3.8, 4) is 17.2 Å². The molecule has 32 heavy (non-hydrogen) atoms. The fourth-order valence-corrected chi connectivity index (χ4v) is 3.67. The van der Waals surface area contributed by atoms with E-state index >= 15 is 0 Å². The molecular formula is C20H18N4O7S. The molecule has 0 aliphatic rings. The van der Waals surface area contributed by atoms with Crippen LogP contribution in [0.4, 0.5) is 17.1 Å². The van der Waals surface area contributed by atoms with Crippen LogP contribution in [-0.4, -0.2) is 36.9 Å². The zero-order chi connectivity index (χ0) is 23.3. The molecular weight excluding hydrogens is 440 g/mol. The number of hydrazone groups is 1. The summed E-state index contributed by atoms with van der Waals surface area (Å²) in [6, 6.07) is 13.4. The first kappa shape index (κ1) is 22.4. The number of rotatable bonds is 8. The standard InChI is InChI=1S/C20H18N4O7S/c1-31-15-5-3-14(4-6-15)23-32(29,30)16-7-8-17(18(11-16)24(27)28)22-21-12-13-2-9-19(25)20(26)10-13/h2-12,22-23,25-26H,1H3. The van der Waals surface area contributed by atoms with Crippen molar-refractivity contribution in [2.45, 2.75) is 4.90 Å². The van der Waals surface area contributed by atoms with Crippen molar-refractivity contribution in [3.63, 3.8) is 0 Å². The van der Waals surface area contributed by atoms with Crippen molar-refractivity contribution in [3.05, 3.63) is 76.3 Å². The molecule has 0 amide bonds. The van der Waals surface area contributed by atoms with E-state index in [1.807, 2.05) is 0 Å². The van der Waals surface area contributed by atoms with Crippen molar-refractivity contribution < 1.29 is 28.3 Å². The Morgan fingerprint density at radius 1 is 1.03 bits per heavy atom. The predicted octanol–water partition coefficient (Wildman–Crippen LogP) is 3.26. The van der Waals surface area contributed by atoms with Gasteiger partial charge in [-0.25, -0.2) is 8.42 Å². The third-order valence-corrected chi connectivity index (χ3v) is 5.60. The molecule has 0 unspecified atom stereocenters. The number of hydrogen-bond donors (Lipinski definition) is 4. The highest BCUT2D eigenvalue weighted by molar-refractivity contribution is 7.92. The summed E-state index contributed by atoms with van der Waals surface area (Å²) in [6.45, 7) is 0. The summed E-state index contributed by atoms with van der Waals surface area (Å²) in [7, 11) is -2.61. The zero-order valence-corrected chi connectivity index (χ0v) is 17.4. The minimum atomic E-state index is -4.09. The Bertz CT molecular complexity index is 1280. The quantitative estimate of drug-likeness (QED) is 0.173. The lowest BCUT2D eigenvalue weighted by molar-refractivity contribution is -0.384. The van der Waals surface area contributed by atoms with Crippen LogP contribution in [0.1, 0.15) is 5.56 Å². The van der Waals surface area contributed by atoms with E-state index in [1.54, 1.807) is 12.1 Å². The first-order valence-electron chi connectivity index (χ1n) is 8.96. The summed E-state index contributed by atoms with van der Waals surface area (Å²) >= 11 is 0. The number of sulfonamides is 1. The third kappa shape index (κ3) is 5.23. The molecule has 12 heteroatoms. The molecule has 0 saturated carbocycles. The van der Waals surface area contributed by atoms with Crippen molar-refractivity contribution in [1.29, 1.82) is 0 Å². The molecule has 3 aromatic carbocycles. The van der Waals surface area contributed by atoms with Gasteiger partial charge < -0.3 is 14.9 Å². The van der Waals surface area contributed by atoms with Gasteiger partial charge in [0.05, 0.1) is 23.1 Å². The number of aromatic hydroxyl groups is 2. The Hall–Kier alpha value is -4.32. The number of nitrogens with zero attached hydrogens (tertiary/aromatic N) is 2. The van der Waals surface area contributed by atoms with Crippen LogP contribution < -0.4 is 14.9 Å². The summed E-state index contributed by atoms with van der Waals surface area (Å²) in [4.78, 5) is 10.4. The van der Waals surface area contributed by atoms with Crippen LogP contribution in [0.15, 0.2) is 70.7 Å². The number of nitro groups is 1. The number of nitrogens with one attached hydrogen (secondary N) is 2. The minimum Gasteiger partial charge on any atom is -0.504 e. The molecule has 0 aliphatic carbocycles. The molecule has 3 aromatic rings. The van der Waals surface area contributed by atoms with Crippen molar-refractivity contribution >= 4 is 33.3 Å². The average molecular weight is 458 g/mol. The fourth-order valence-electron chi connectivity index (χ4n) is 2.59. The van der Waals surface area contributed by atoms with E-state index in [-0.39, 0.29) is 27.8 Å². The number of phenolic OH excluding ortho intramolecular Hbond substituents is 2. The second-order valence-electron chi connectivity index (χ2n) is 6.39. The first-order valence-corrected chi connectivity index (χ1v) is 10.4. The molecule has 0 atom stereocenters. The SMILES string of the molecule is COc1ccc(NS(=O)(=O)c2ccc(NN=Cc3ccc(O)c(O)c3)c([N+](=O)[O-])c2)cc1. The van der Waals surface area contributed by atoms with Crippen LogP contribution in [0, 0.1) is 10.1 Å². The molecule has 0 aromatic heterocycles. The lowest BCUT2D eigenvalue weighted by atomic mass is 10.2. The van der Waals surface area contributed by atoms with Crippen LogP contribution in [0.25, 0.3) is 0 Å². The Morgan fingerprint density at radius 2 is 1.75 bits per heavy atom. The number of hydrogen-bond acceptors (Lipinski definition) is 9. The highest BCUT2D eigenvalue weighted by Crippen LogP contribution is 2.29. The van der Waals surface area contributed by atoms with Gasteiger partial charge in [-0.3, -0.25) is 20.3 Å². The van der Waals surface area contributed by atoms with Crippen LogP contribution in [0.2, 0.25) is 0 Å². The van der Waals surface area contributed by atoms with Gasteiger partial charge in [0.1, 0.15) is 11.4 Å². The lowest BCUT2D eigenvalue weighted by Crippen LogP contribution is -2.13. The van der Waals surface area contributed by atoms with Gasteiger partial charge in [0.2, 0.25) is 0 Å². The molecule has 0 heterocycles. The number of ether oxygens (including phenoxy) is 1. The summed E-state index contributed by atoms with van der Waals surface area (Å²) in [6.07, 6.45) is 1.26. The monoisotopic (exact) mass is 458 g/mol. The van der Waals surface area contributed by atoms with E-state index in [2.05, 4.69) is 15.2 Å². The van der Waals surface area contributed by atoms with Gasteiger partial charge in [0.25, 0.3) is 15.7 Å². The minimum absolute atomic E-state index is 0.0438. The maximum atomic E-state index is 12.6. The van der Waals surface area contributed by atoms with Gasteiger partial charge in [-0.1, -0.05) is 0 Å². The number of nitro benzene ring substituents is 1. The van der Waals surface area contributed by atoms with Crippen LogP contribution in [0.3, 0.4) is 0 Å². The molecule has 11 nitrogen and oxygen atoms in total. The molecule has 0 spiro atoms. The maximum absolute atomic E-state index is 12.6. The van der Waals surface area contributed by atoms with E-state index in [9.17, 15) is 28.7 Å². The summed E-state index contributed by atoms with van der Waals surface area (Å²) < 4.78 is 32.6. The molecule has 0 fully saturated rings. The van der Waals surface area contributed by atoms with Gasteiger partial charge in [-0.15, -0.1) is 0 Å². The number of phenols is 2. The molecule has 0 bridgehead atoms. The highest BCUT2D eigenvalue weighted by atomic mass is 32.2. The van der Waals surface area contributed by atoms with E-state index in [0.717, 1.165) is 6.07 Å². The van der Waals surface area contributed by atoms with Crippen molar-refractivity contribution in [1.82, 2.24) is 0 Å². The average Bonchev–Trinajstić information content (AvgIpc) is 2.76. The van der Waals surface area contributed by atoms with E-state index in [0.29, 0.717) is 11.3 Å². The normalized spacial score (nSPS) is 11.3. The fraction of sp³-hybridized carbons (Fsp3) is 0.0500. The largest absolute Gasteiger partial charge is 0.504 e. The van der Waals surface area contributed by atoms with E-state index < -0.39 is 20.6 Å². The topological polar surface area (TPSA) is 163 Å².